The van der Waals surface area contributed by atoms with Crippen LogP contribution in [-0.2, 0) is 38.4 Å². The van der Waals surface area contributed by atoms with E-state index in [1.807, 2.05) is 54.6 Å². The molecular formula is C74H92ClF3N10O12S3. The van der Waals surface area contributed by atoms with Gasteiger partial charge in [0.15, 0.2) is 6.61 Å². The van der Waals surface area contributed by atoms with Gasteiger partial charge in [0.2, 0.25) is 11.8 Å². The van der Waals surface area contributed by atoms with Crippen molar-refractivity contribution in [3.05, 3.63) is 148 Å². The number of nitrogens with one attached hydrogen (secondary N) is 5. The number of alkyl halides is 3. The number of fused-ring (bicyclic) bond motifs is 1. The molecule has 0 radical (unpaired) electrons. The predicted molar refractivity (Wildman–Crippen MR) is 392 cm³/mol. The van der Waals surface area contributed by atoms with E-state index in [1.54, 1.807) is 12.1 Å². The molecule has 4 heterocycles. The van der Waals surface area contributed by atoms with Crippen LogP contribution in [0.25, 0.3) is 5.57 Å². The third-order valence-electron chi connectivity index (χ3n) is 18.9. The number of allylic oxidation sites excluding steroid dienone is 1. The maximum absolute atomic E-state index is 14.5. The Hall–Kier alpha value is -7.09. The third kappa shape index (κ3) is 22.5. The summed E-state index contributed by atoms with van der Waals surface area (Å²) in [5, 5.41) is 12.2. The number of piperidine rings is 1. The van der Waals surface area contributed by atoms with Crippen LogP contribution in [0.3, 0.4) is 0 Å². The zero-order valence-corrected chi connectivity index (χ0v) is 61.4. The van der Waals surface area contributed by atoms with Crippen LogP contribution in [0.4, 0.5) is 24.5 Å². The molecule has 0 aromatic heterocycles. The Bertz CT molecular complexity index is 3870. The number of carbonyl (C=O) groups is 6. The van der Waals surface area contributed by atoms with Gasteiger partial charge in [0.1, 0.15) is 16.7 Å². The third-order valence-corrected chi connectivity index (χ3v) is 22.6. The van der Waals surface area contributed by atoms with Crippen LogP contribution < -0.4 is 35.6 Å². The number of sulfone groups is 1. The molecule has 3 saturated heterocycles. The molecule has 3 fully saturated rings. The van der Waals surface area contributed by atoms with Gasteiger partial charge in [-0.05, 0) is 159 Å². The Morgan fingerprint density at radius 3 is 2.12 bits per heavy atom. The maximum atomic E-state index is 14.5. The smallest absolute Gasteiger partial charge is 0.483 e. The monoisotopic (exact) mass is 1500 g/mol. The highest BCUT2D eigenvalue weighted by atomic mass is 35.5. The summed E-state index contributed by atoms with van der Waals surface area (Å²) in [4.78, 5) is 86.9. The standard InChI is InChI=1S/C74H92ClF3N10O12S3/c1-73(2)27-25-60(52-13-17-55(75)18-14-52)54(48-73)49-86-36-38-87(39-37-86)57-19-15-53(16-20-57)69(91)83-102-59-21-22-62(65(47-59)103(95,96)74(76,77)78)81-56(51-101-58-9-4-3-5-10-58)26-31-84-32-34-85(35-33-84)40-42-98-44-46-99-45-43-97-41-30-79-28-6-7-29-80-67(90)50-100-64-12-8-11-61-68(64)72(94)88(71(61)93)63-23-24-66(89)82-70(63)92/h3-5,8-22,47,56,63,79,81H,6-7,23-46,48-51H2,1-2H3,(H,80,90)(H,83,91)(H,82,89,92)/t56-,63?/m1/s1. The summed E-state index contributed by atoms with van der Waals surface area (Å²) >= 11 is 8.51. The molecule has 22 nitrogen and oxygen atoms in total. The number of halogens is 4. The number of unbranched alkanes of at least 4 members (excludes halogenated alkanes) is 1. The van der Waals surface area contributed by atoms with Crippen molar-refractivity contribution in [2.45, 2.75) is 97.5 Å². The van der Waals surface area contributed by atoms with Gasteiger partial charge in [-0.2, -0.15) is 13.2 Å². The summed E-state index contributed by atoms with van der Waals surface area (Å²) < 4.78 is 95.7. The van der Waals surface area contributed by atoms with E-state index in [1.165, 1.54) is 58.8 Å². The fourth-order valence-corrected chi connectivity index (χ4v) is 15.9. The van der Waals surface area contributed by atoms with Gasteiger partial charge in [0.25, 0.3) is 33.5 Å². The van der Waals surface area contributed by atoms with Crippen molar-refractivity contribution >= 4 is 97.5 Å². The largest absolute Gasteiger partial charge is 0.501 e. The minimum absolute atomic E-state index is 0.000652. The highest BCUT2D eigenvalue weighted by molar-refractivity contribution is 7.99. The quantitative estimate of drug-likeness (QED) is 0.0107. The van der Waals surface area contributed by atoms with Crippen molar-refractivity contribution in [2.24, 2.45) is 5.41 Å². The van der Waals surface area contributed by atoms with Crippen LogP contribution >= 0.6 is 35.3 Å². The number of benzene rings is 5. The maximum Gasteiger partial charge on any atom is 0.501 e. The Labute approximate surface area is 614 Å². The molecule has 5 aliphatic rings. The normalized spacial score (nSPS) is 18.1. The van der Waals surface area contributed by atoms with Crippen molar-refractivity contribution < 1.29 is 69.3 Å². The van der Waals surface area contributed by atoms with Crippen LogP contribution in [0, 0.1) is 5.41 Å². The lowest BCUT2D eigenvalue weighted by atomic mass is 9.73. The van der Waals surface area contributed by atoms with Crippen LogP contribution in [0.5, 0.6) is 5.75 Å². The van der Waals surface area contributed by atoms with Crippen molar-refractivity contribution in [3.63, 3.8) is 0 Å². The summed E-state index contributed by atoms with van der Waals surface area (Å²) in [6.45, 7) is 17.6. The molecule has 1 unspecified atom stereocenters. The number of carbonyl (C=O) groups excluding carboxylic acids is 6. The molecule has 556 valence electrons. The number of hydrogen-bond donors (Lipinski definition) is 5. The van der Waals surface area contributed by atoms with E-state index in [2.05, 4.69) is 71.6 Å². The average molecular weight is 1500 g/mol. The Morgan fingerprint density at radius 2 is 1.41 bits per heavy atom. The van der Waals surface area contributed by atoms with Crippen molar-refractivity contribution in [3.8, 4) is 5.75 Å². The number of nitrogens with zero attached hydrogens (tertiary/aromatic N) is 5. The van der Waals surface area contributed by atoms with Gasteiger partial charge in [-0.15, -0.1) is 11.8 Å². The number of imide groups is 2. The molecule has 0 saturated carbocycles. The second-order valence-corrected chi connectivity index (χ2v) is 31.2. The van der Waals surface area contributed by atoms with Crippen LogP contribution in [0.15, 0.2) is 136 Å². The van der Waals surface area contributed by atoms with Crippen molar-refractivity contribution in [1.29, 1.82) is 0 Å². The molecule has 0 bridgehead atoms. The van der Waals surface area contributed by atoms with E-state index >= 15 is 0 Å². The molecule has 5 aromatic rings. The van der Waals surface area contributed by atoms with Crippen molar-refractivity contribution in [1.82, 2.24) is 40.3 Å². The Kier molecular flexibility index (Phi) is 28.8. The van der Waals surface area contributed by atoms with E-state index in [0.717, 1.165) is 130 Å². The van der Waals surface area contributed by atoms with Crippen LogP contribution in [-0.4, -0.2) is 225 Å². The number of piperazine rings is 2. The molecule has 4 aliphatic heterocycles. The predicted octanol–water partition coefficient (Wildman–Crippen LogP) is 9.45. The van der Waals surface area contributed by atoms with Gasteiger partial charge in [-0.3, -0.25) is 53.5 Å². The number of thioether (sulfide) groups is 1. The number of hydrogen-bond acceptors (Lipinski definition) is 20. The SMILES string of the molecule is CC1(C)CCC(c2ccc(Cl)cc2)=C(CN2CCN(c3ccc(C(=O)NSc4ccc(N[C@H](CCN5CCN(CCOCCOCCOCCNCCCCNC(=O)COc6cccc7c6C(=O)N(C6CCC(=O)NC6=O)C7=O)CC5)CSc5ccccc5)c(S(=O)(=O)C(F)(F)F)c4)cc3)CC2)C1. The van der Waals surface area contributed by atoms with Gasteiger partial charge >= 0.3 is 5.51 Å². The highest BCUT2D eigenvalue weighted by Gasteiger charge is 2.49. The minimum Gasteiger partial charge on any atom is -0.483 e. The fourth-order valence-electron chi connectivity index (χ4n) is 13.1. The molecule has 5 N–H and O–H groups in total. The number of rotatable bonds is 37. The molecule has 29 heteroatoms. The minimum atomic E-state index is -5.83. The summed E-state index contributed by atoms with van der Waals surface area (Å²) in [6, 6.07) is 31.8. The van der Waals surface area contributed by atoms with Crippen LogP contribution in [0.1, 0.15) is 102 Å². The summed E-state index contributed by atoms with van der Waals surface area (Å²) in [6.07, 6.45) is 5.26. The van der Waals surface area contributed by atoms with Gasteiger partial charge in [0.05, 0.1) is 56.5 Å². The molecule has 103 heavy (non-hydrogen) atoms. The molecule has 0 spiro atoms. The molecular weight excluding hydrogens is 1410 g/mol. The molecule has 1 aliphatic carbocycles. The van der Waals surface area contributed by atoms with Crippen LogP contribution in [0.2, 0.25) is 5.02 Å². The first kappa shape index (κ1) is 78.5. The first-order chi connectivity index (χ1) is 49.6. The average Bonchev–Trinajstić information content (AvgIpc) is 1.64. The van der Waals surface area contributed by atoms with Gasteiger partial charge in [0, 0.05) is 129 Å². The lowest BCUT2D eigenvalue weighted by molar-refractivity contribution is -0.136. The molecule has 6 amide bonds. The first-order valence-corrected chi connectivity index (χ1v) is 38.8. The van der Waals surface area contributed by atoms with E-state index in [-0.39, 0.29) is 52.3 Å². The molecule has 5 aromatic carbocycles. The highest BCUT2D eigenvalue weighted by Crippen LogP contribution is 2.44. The molecule has 2 atom stereocenters. The lowest BCUT2D eigenvalue weighted by Crippen LogP contribution is -2.54. The molecule has 10 rings (SSSR count). The topological polar surface area (TPSA) is 250 Å². The zero-order chi connectivity index (χ0) is 72.9. The van der Waals surface area contributed by atoms with E-state index in [0.29, 0.717) is 90.0 Å². The van der Waals surface area contributed by atoms with Gasteiger partial charge in [-0.1, -0.05) is 67.4 Å². The zero-order valence-electron chi connectivity index (χ0n) is 58.2. The Balaban J connectivity index is 0.582. The summed E-state index contributed by atoms with van der Waals surface area (Å²) in [5.74, 6) is -2.94. The van der Waals surface area contributed by atoms with Gasteiger partial charge < -0.3 is 44.7 Å². The van der Waals surface area contributed by atoms with E-state index < -0.39 is 67.8 Å². The number of anilines is 2. The first-order valence-electron chi connectivity index (χ1n) is 35.1. The van der Waals surface area contributed by atoms with Crippen molar-refractivity contribution in [2.75, 3.05) is 154 Å². The Morgan fingerprint density at radius 1 is 0.728 bits per heavy atom. The summed E-state index contributed by atoms with van der Waals surface area (Å²) in [7, 11) is -5.83. The van der Waals surface area contributed by atoms with E-state index in [9.17, 15) is 50.4 Å². The second-order valence-electron chi connectivity index (χ2n) is 26.9. The fraction of sp³-hybridized carbons (Fsp3) is 0.486. The second kappa shape index (κ2) is 37.7. The summed E-state index contributed by atoms with van der Waals surface area (Å²) in [5.41, 5.74) is -0.0114. The van der Waals surface area contributed by atoms with E-state index in [4.69, 9.17) is 30.5 Å². The van der Waals surface area contributed by atoms with Gasteiger partial charge in [-0.25, -0.2) is 8.42 Å². The number of ether oxygens (including phenoxy) is 4. The number of amides is 6. The lowest BCUT2D eigenvalue weighted by Gasteiger charge is -2.39.